The summed E-state index contributed by atoms with van der Waals surface area (Å²) in [6.07, 6.45) is 36.2. The summed E-state index contributed by atoms with van der Waals surface area (Å²) in [6.45, 7) is 9.35. The minimum Gasteiger partial charge on any atom is -0.393 e. The monoisotopic (exact) mass is 1670 g/mol. The Hall–Kier alpha value is -11.0. The molecule has 640 valence electrons. The van der Waals surface area contributed by atoms with Gasteiger partial charge in [0.1, 0.15) is 34.9 Å². The quantitative estimate of drug-likeness (QED) is 0.0620. The molecule has 8 aliphatic rings. The van der Waals surface area contributed by atoms with E-state index in [0.29, 0.717) is 49.4 Å². The van der Waals surface area contributed by atoms with Crippen LogP contribution in [0.15, 0.2) is 253 Å². The molecular weight excluding hydrogens is 1560 g/mol. The van der Waals surface area contributed by atoms with E-state index in [1.165, 1.54) is 128 Å². The third-order valence-corrected chi connectivity index (χ3v) is 29.1. The number of fused-ring (bicyclic) bond motifs is 8. The molecule has 0 amide bonds. The molecule has 4 aromatic heterocycles. The molecule has 4 saturated carbocycles. The Morgan fingerprint density at radius 1 is 0.306 bits per heavy atom. The zero-order valence-electron chi connectivity index (χ0n) is 71.1. The predicted molar refractivity (Wildman–Crippen MR) is 476 cm³/mol. The highest BCUT2D eigenvalue weighted by Crippen LogP contribution is 2.58. The Kier molecular flexibility index (Phi) is 24.9. The summed E-state index contributed by atoms with van der Waals surface area (Å²) in [4.78, 5) is 0. The van der Waals surface area contributed by atoms with Crippen molar-refractivity contribution in [3.05, 3.63) is 356 Å². The van der Waals surface area contributed by atoms with Gasteiger partial charge in [-0.15, -0.1) is 0 Å². The molecule has 12 atom stereocenters. The molecule has 0 spiro atoms. The van der Waals surface area contributed by atoms with Crippen molar-refractivity contribution in [2.24, 2.45) is 45.3 Å². The van der Waals surface area contributed by atoms with Gasteiger partial charge in [0.05, 0.1) is 94.7 Å². The molecule has 0 bridgehead atoms. The lowest BCUT2D eigenvalue weighted by molar-refractivity contribution is 0.0832. The van der Waals surface area contributed by atoms with Gasteiger partial charge >= 0.3 is 0 Å². The number of hydrogen-bond donors (Lipinski definition) is 4. The highest BCUT2D eigenvalue weighted by atomic mass is 19.1. The van der Waals surface area contributed by atoms with E-state index in [1.807, 2.05) is 79.9 Å². The van der Waals surface area contributed by atoms with E-state index in [0.717, 1.165) is 172 Å². The zero-order chi connectivity index (χ0) is 86.0. The highest BCUT2D eigenvalue weighted by Gasteiger charge is 2.49. The van der Waals surface area contributed by atoms with Crippen molar-refractivity contribution in [3.8, 4) is 22.7 Å². The normalized spacial score (nSPS) is 23.6. The highest BCUT2D eigenvalue weighted by molar-refractivity contribution is 5.65. The minimum atomic E-state index is -0.606. The number of aromatic nitrogens is 8. The van der Waals surface area contributed by atoms with E-state index in [9.17, 15) is 46.8 Å². The molecule has 12 aromatic rings. The number of aliphatic hydroxyl groups excluding tert-OH is 4. The van der Waals surface area contributed by atoms with Gasteiger partial charge in [0.15, 0.2) is 0 Å². The number of aliphatic hydroxyl groups is 4. The lowest BCUT2D eigenvalue weighted by atomic mass is 9.58. The number of halogens is 6. The Labute approximate surface area is 723 Å². The third kappa shape index (κ3) is 18.0. The summed E-state index contributed by atoms with van der Waals surface area (Å²) < 4.78 is 87.6. The Morgan fingerprint density at radius 2 is 0.532 bits per heavy atom. The summed E-state index contributed by atoms with van der Waals surface area (Å²) >= 11 is 0. The van der Waals surface area contributed by atoms with Crippen LogP contribution in [0.2, 0.25) is 0 Å². The van der Waals surface area contributed by atoms with E-state index >= 15 is 0 Å². The van der Waals surface area contributed by atoms with Crippen molar-refractivity contribution in [1.82, 2.24) is 39.1 Å². The van der Waals surface area contributed by atoms with Gasteiger partial charge in [-0.05, 0) is 377 Å². The van der Waals surface area contributed by atoms with Gasteiger partial charge in [0.25, 0.3) is 0 Å². The molecule has 4 fully saturated rings. The molecule has 20 rings (SSSR count). The maximum absolute atomic E-state index is 13.4. The molecule has 12 nitrogen and oxygen atoms in total. The second-order valence-corrected chi connectivity index (χ2v) is 36.9. The first-order valence-electron chi connectivity index (χ1n) is 44.4. The zero-order valence-corrected chi connectivity index (χ0v) is 71.1. The predicted octanol–water partition coefficient (Wildman–Crippen LogP) is 23.5. The van der Waals surface area contributed by atoms with Crippen LogP contribution in [0, 0.1) is 80.2 Å². The Morgan fingerprint density at radius 3 is 0.774 bits per heavy atom. The fourth-order valence-corrected chi connectivity index (χ4v) is 22.0. The lowest BCUT2D eigenvalue weighted by Crippen LogP contribution is -2.39. The summed E-state index contributed by atoms with van der Waals surface area (Å²) in [6, 6.07) is 58.7. The van der Waals surface area contributed by atoms with Crippen LogP contribution in [0.25, 0.3) is 47.1 Å². The number of rotatable bonds is 18. The van der Waals surface area contributed by atoms with Gasteiger partial charge < -0.3 is 20.4 Å². The number of hydrogen-bond acceptors (Lipinski definition) is 8. The van der Waals surface area contributed by atoms with Crippen LogP contribution in [-0.4, -0.2) is 71.8 Å². The second kappa shape index (κ2) is 36.3. The van der Waals surface area contributed by atoms with Crippen molar-refractivity contribution in [3.63, 3.8) is 0 Å². The maximum atomic E-state index is 13.4. The minimum absolute atomic E-state index is 0.0388. The van der Waals surface area contributed by atoms with Crippen LogP contribution < -0.4 is 0 Å². The van der Waals surface area contributed by atoms with Crippen molar-refractivity contribution in [2.45, 2.75) is 193 Å². The molecule has 124 heavy (non-hydrogen) atoms. The number of nitrogens with zero attached hydrogens (tertiary/aromatic N) is 8. The van der Waals surface area contributed by atoms with Gasteiger partial charge in [0.2, 0.25) is 0 Å². The van der Waals surface area contributed by atoms with E-state index in [4.69, 9.17) is 0 Å². The van der Waals surface area contributed by atoms with Crippen molar-refractivity contribution >= 4 is 24.3 Å². The van der Waals surface area contributed by atoms with E-state index < -0.39 is 12.2 Å². The van der Waals surface area contributed by atoms with Gasteiger partial charge in [-0.1, -0.05) is 135 Å². The van der Waals surface area contributed by atoms with E-state index in [2.05, 4.69) is 96.7 Å². The van der Waals surface area contributed by atoms with Crippen LogP contribution in [0.1, 0.15) is 210 Å². The molecule has 4 heterocycles. The van der Waals surface area contributed by atoms with E-state index in [1.54, 1.807) is 72.8 Å². The van der Waals surface area contributed by atoms with Gasteiger partial charge in [-0.3, -0.25) is 0 Å². The van der Waals surface area contributed by atoms with E-state index in [-0.39, 0.29) is 68.8 Å². The average molecular weight is 1670 g/mol. The van der Waals surface area contributed by atoms with Crippen LogP contribution in [0.3, 0.4) is 0 Å². The lowest BCUT2D eigenvalue weighted by Gasteiger charge is -2.46. The average Bonchev–Trinajstić information content (AvgIpc) is 1.66. The maximum Gasteiger partial charge on any atom is 0.123 e. The molecular formula is C106H110F6N8O4. The molecule has 8 aromatic carbocycles. The second-order valence-electron chi connectivity index (χ2n) is 36.9. The molecule has 0 radical (unpaired) electrons. The number of allylic oxidation sites excluding steroid dienone is 4. The smallest absolute Gasteiger partial charge is 0.123 e. The van der Waals surface area contributed by atoms with Crippen LogP contribution in [-0.2, 0) is 38.5 Å². The van der Waals surface area contributed by atoms with Crippen molar-refractivity contribution < 1.29 is 46.8 Å². The molecule has 0 saturated heterocycles. The summed E-state index contributed by atoms with van der Waals surface area (Å²) in [5, 5.41) is 61.9. The molecule has 8 aliphatic carbocycles. The fourth-order valence-electron chi connectivity index (χ4n) is 22.0. The van der Waals surface area contributed by atoms with Crippen molar-refractivity contribution in [1.29, 1.82) is 0 Å². The first-order chi connectivity index (χ1) is 59.9. The fraction of sp³-hybridized carbons (Fsp3) is 0.358. The first kappa shape index (κ1) is 85.2. The number of benzene rings is 8. The Balaban J connectivity index is 0.000000117. The van der Waals surface area contributed by atoms with Crippen molar-refractivity contribution in [2.75, 3.05) is 0 Å². The molecule has 0 aliphatic heterocycles. The standard InChI is InChI=1S/2C27H29FN2O.2C26H26F2N2O/c2*1-27-17-20-18-29-30(24-12-10-23(28)11-13-24)26(20)16-22(27)9-5-8-21(27)15-25(31)14-19-6-3-2-4-7-19;2*1-26-15-18-16-29-30(23-11-9-22(28)10-12-23)24(18)13-19(26)3-2-4-20(26)14-25(31)17-5-7-21(27)8-6-17/h2*2-4,6-7,10-13,16,18,21,25,31H,5,8-9,14-15,17H2,1H3;2*5-13,16,20,25,31H,2-4,14-15H2,1H3/t21-,25+,27-;21-,25-,27-;20-,25+,26+;20-,25-,26+/m1111/s1. The van der Waals surface area contributed by atoms with Gasteiger partial charge in [-0.25, -0.2) is 45.1 Å². The topological polar surface area (TPSA) is 152 Å². The summed E-state index contributed by atoms with van der Waals surface area (Å²) in [5.74, 6) is -0.00443. The molecule has 4 N–H and O–H groups in total. The Bertz CT molecular complexity index is 5480. The summed E-state index contributed by atoms with van der Waals surface area (Å²) in [5.41, 5.74) is 22.3. The van der Waals surface area contributed by atoms with Crippen LogP contribution in [0.5, 0.6) is 0 Å². The third-order valence-electron chi connectivity index (χ3n) is 29.1. The summed E-state index contributed by atoms with van der Waals surface area (Å²) in [7, 11) is 0. The largest absolute Gasteiger partial charge is 0.393 e. The first-order valence-corrected chi connectivity index (χ1v) is 44.4. The van der Waals surface area contributed by atoms with Gasteiger partial charge in [-0.2, -0.15) is 20.4 Å². The van der Waals surface area contributed by atoms with Crippen LogP contribution >= 0.6 is 0 Å². The SMILES string of the molecule is C[C@]12Cc3cnn(-c4ccc(F)cc4)c3C=C1CCC[C@@H]2C[C@@H](O)Cc1ccccc1.C[C@]12Cc3cnn(-c4ccc(F)cc4)c3C=C1CCC[C@@H]2C[C@@H](O)c1ccc(F)cc1.C[C@]12Cc3cnn(-c4ccc(F)cc4)c3C=C1CCC[C@@H]2C[C@H](O)Cc1ccccc1.C[C@]12Cc3cnn(-c4ccc(F)cc4)c3C=C1CCC[C@@H]2C[C@H](O)c1ccc(F)cc1. The van der Waals surface area contributed by atoms with Gasteiger partial charge in [0, 0.05) is 0 Å². The van der Waals surface area contributed by atoms with Crippen LogP contribution in [0.4, 0.5) is 26.3 Å². The molecule has 0 unspecified atom stereocenters. The molecule has 18 heteroatoms.